The van der Waals surface area contributed by atoms with Gasteiger partial charge >= 0.3 is 0 Å². The molecule has 1 heterocycles. The number of rotatable bonds is 2. The van der Waals surface area contributed by atoms with Gasteiger partial charge in [0.05, 0.1) is 6.10 Å². The lowest BCUT2D eigenvalue weighted by Gasteiger charge is -2.25. The monoisotopic (exact) mass is 183 g/mol. The van der Waals surface area contributed by atoms with Crippen molar-refractivity contribution in [2.75, 3.05) is 7.05 Å². The van der Waals surface area contributed by atoms with Crippen molar-refractivity contribution < 1.29 is 4.74 Å². The second kappa shape index (κ2) is 3.97. The zero-order chi connectivity index (χ0) is 9.26. The summed E-state index contributed by atoms with van der Waals surface area (Å²) in [6, 6.07) is 0.789. The molecule has 0 bridgehead atoms. The van der Waals surface area contributed by atoms with Crippen LogP contribution >= 0.6 is 0 Å². The van der Waals surface area contributed by atoms with Crippen LogP contribution in [0.3, 0.4) is 0 Å². The highest BCUT2D eigenvalue weighted by Gasteiger charge is 2.40. The van der Waals surface area contributed by atoms with E-state index >= 15 is 0 Å². The second-order valence-corrected chi connectivity index (χ2v) is 4.54. The Hall–Kier alpha value is -0.0800. The Labute approximate surface area is 81.3 Å². The molecule has 1 saturated heterocycles. The van der Waals surface area contributed by atoms with E-state index in [1.807, 2.05) is 0 Å². The number of likely N-dealkylation sites (N-methyl/N-ethyl adjacent to an activating group) is 1. The zero-order valence-corrected chi connectivity index (χ0v) is 8.83. The molecule has 0 N–H and O–H groups in total. The molecule has 2 aliphatic rings. The topological polar surface area (TPSA) is 15.8 Å². The van der Waals surface area contributed by atoms with Crippen molar-refractivity contribution in [1.29, 1.82) is 0 Å². The molecule has 1 aliphatic heterocycles. The molecule has 2 heteroatoms. The predicted octanol–water partition coefficient (Wildman–Crippen LogP) is 2.39. The molecule has 0 amide bonds. The maximum absolute atomic E-state index is 5.50. The van der Waals surface area contributed by atoms with Gasteiger partial charge in [-0.15, -0.1) is 0 Å². The van der Waals surface area contributed by atoms with E-state index in [2.05, 4.69) is 18.9 Å². The summed E-state index contributed by atoms with van der Waals surface area (Å²) in [7, 11) is 2.23. The van der Waals surface area contributed by atoms with Crippen LogP contribution in [0, 0.1) is 0 Å². The van der Waals surface area contributed by atoms with Crippen LogP contribution in [0.4, 0.5) is 0 Å². The third-order valence-corrected chi connectivity index (χ3v) is 3.48. The summed E-state index contributed by atoms with van der Waals surface area (Å²) in [6.45, 7) is 2.16. The highest BCUT2D eigenvalue weighted by Crippen LogP contribution is 2.30. The number of ether oxygens (including phenoxy) is 1. The normalized spacial score (nSPS) is 36.2. The lowest BCUT2D eigenvalue weighted by Crippen LogP contribution is -2.34. The molecule has 76 valence electrons. The van der Waals surface area contributed by atoms with Crippen LogP contribution in [-0.4, -0.2) is 30.3 Å². The van der Waals surface area contributed by atoms with Crippen molar-refractivity contribution >= 4 is 0 Å². The lowest BCUT2D eigenvalue weighted by atomic mass is 10.1. The highest BCUT2D eigenvalue weighted by molar-refractivity contribution is 4.84. The van der Waals surface area contributed by atoms with Crippen LogP contribution in [0.5, 0.6) is 0 Å². The van der Waals surface area contributed by atoms with Gasteiger partial charge in [0.2, 0.25) is 0 Å². The van der Waals surface area contributed by atoms with E-state index in [0.29, 0.717) is 12.3 Å². The van der Waals surface area contributed by atoms with E-state index in [1.165, 1.54) is 38.5 Å². The molecule has 0 aromatic heterocycles. The summed E-state index contributed by atoms with van der Waals surface area (Å²) in [5, 5.41) is 0. The molecule has 2 rings (SSSR count). The molecule has 13 heavy (non-hydrogen) atoms. The fourth-order valence-electron chi connectivity index (χ4n) is 2.47. The third-order valence-electron chi connectivity index (χ3n) is 3.48. The molecule has 0 spiro atoms. The molecule has 2 fully saturated rings. The van der Waals surface area contributed by atoms with Crippen LogP contribution in [-0.2, 0) is 4.74 Å². The van der Waals surface area contributed by atoms with Gasteiger partial charge in [0.1, 0.15) is 6.23 Å². The van der Waals surface area contributed by atoms with Crippen molar-refractivity contribution in [2.24, 2.45) is 0 Å². The first-order chi connectivity index (χ1) is 6.29. The molecule has 0 aromatic carbocycles. The summed E-state index contributed by atoms with van der Waals surface area (Å²) < 4.78 is 5.50. The highest BCUT2D eigenvalue weighted by atomic mass is 16.6. The van der Waals surface area contributed by atoms with Crippen LogP contribution in [0.15, 0.2) is 0 Å². The molecule has 1 saturated carbocycles. The molecule has 1 aliphatic carbocycles. The first-order valence-electron chi connectivity index (χ1n) is 5.66. The molecule has 0 radical (unpaired) electrons. The van der Waals surface area contributed by atoms with Gasteiger partial charge in [-0.2, -0.15) is 0 Å². The Morgan fingerprint density at radius 3 is 2.08 bits per heavy atom. The van der Waals surface area contributed by atoms with Crippen LogP contribution in [0.25, 0.3) is 0 Å². The van der Waals surface area contributed by atoms with E-state index < -0.39 is 0 Å². The minimum Gasteiger partial charge on any atom is -0.353 e. The summed E-state index contributed by atoms with van der Waals surface area (Å²) in [5.74, 6) is 0. The van der Waals surface area contributed by atoms with Gasteiger partial charge in [-0.3, -0.25) is 4.90 Å². The average molecular weight is 183 g/mol. The Kier molecular flexibility index (Phi) is 2.89. The lowest BCUT2D eigenvalue weighted by molar-refractivity contribution is 0.144. The van der Waals surface area contributed by atoms with E-state index in [0.717, 1.165) is 6.04 Å². The molecule has 2 unspecified atom stereocenters. The van der Waals surface area contributed by atoms with Crippen LogP contribution in [0.2, 0.25) is 0 Å². The van der Waals surface area contributed by atoms with E-state index in [-0.39, 0.29) is 0 Å². The Balaban J connectivity index is 1.83. The molecule has 2 atom stereocenters. The van der Waals surface area contributed by atoms with Gasteiger partial charge < -0.3 is 4.74 Å². The Bertz CT molecular complexity index is 163. The Morgan fingerprint density at radius 1 is 1.08 bits per heavy atom. The predicted molar refractivity (Wildman–Crippen MR) is 53.6 cm³/mol. The molecular formula is C11H21NO. The van der Waals surface area contributed by atoms with Crippen molar-refractivity contribution in [3.8, 4) is 0 Å². The number of hydrogen-bond donors (Lipinski definition) is 0. The number of hydrogen-bond acceptors (Lipinski definition) is 2. The van der Waals surface area contributed by atoms with E-state index in [4.69, 9.17) is 4.74 Å². The van der Waals surface area contributed by atoms with Crippen molar-refractivity contribution in [1.82, 2.24) is 4.90 Å². The van der Waals surface area contributed by atoms with Gasteiger partial charge in [0, 0.05) is 6.04 Å². The first-order valence-corrected chi connectivity index (χ1v) is 5.66. The summed E-state index contributed by atoms with van der Waals surface area (Å²) >= 11 is 0. The van der Waals surface area contributed by atoms with E-state index in [1.54, 1.807) is 0 Å². The number of epoxide rings is 1. The molecule has 2 nitrogen and oxygen atoms in total. The number of nitrogens with zero attached hydrogens (tertiary/aromatic N) is 1. The quantitative estimate of drug-likeness (QED) is 0.482. The summed E-state index contributed by atoms with van der Waals surface area (Å²) in [4.78, 5) is 2.45. The third kappa shape index (κ3) is 2.23. The fourth-order valence-corrected chi connectivity index (χ4v) is 2.47. The van der Waals surface area contributed by atoms with Crippen LogP contribution < -0.4 is 0 Å². The zero-order valence-electron chi connectivity index (χ0n) is 8.83. The van der Waals surface area contributed by atoms with E-state index in [9.17, 15) is 0 Å². The maximum atomic E-state index is 5.50. The molecule has 0 aromatic rings. The second-order valence-electron chi connectivity index (χ2n) is 4.54. The maximum Gasteiger partial charge on any atom is 0.137 e. The minimum atomic E-state index is 0.433. The molecular weight excluding hydrogens is 162 g/mol. The van der Waals surface area contributed by atoms with Crippen molar-refractivity contribution in [3.63, 3.8) is 0 Å². The first kappa shape index (κ1) is 9.47. The van der Waals surface area contributed by atoms with Crippen LogP contribution in [0.1, 0.15) is 45.4 Å². The van der Waals surface area contributed by atoms with Gasteiger partial charge in [-0.1, -0.05) is 25.7 Å². The van der Waals surface area contributed by atoms with Gasteiger partial charge in [0.25, 0.3) is 0 Å². The summed E-state index contributed by atoms with van der Waals surface area (Å²) in [5.41, 5.74) is 0. The smallest absolute Gasteiger partial charge is 0.137 e. The fraction of sp³-hybridized carbons (Fsp3) is 1.00. The van der Waals surface area contributed by atoms with Crippen molar-refractivity contribution in [2.45, 2.75) is 63.8 Å². The Morgan fingerprint density at radius 2 is 1.62 bits per heavy atom. The average Bonchev–Trinajstić information content (AvgIpc) is 2.86. The van der Waals surface area contributed by atoms with Gasteiger partial charge in [-0.05, 0) is 26.8 Å². The SMILES string of the molecule is CC1OC1N(C)C1CCCCCC1. The van der Waals surface area contributed by atoms with Crippen molar-refractivity contribution in [3.05, 3.63) is 0 Å². The summed E-state index contributed by atoms with van der Waals surface area (Å²) in [6.07, 6.45) is 9.37. The van der Waals surface area contributed by atoms with Gasteiger partial charge in [-0.25, -0.2) is 0 Å². The van der Waals surface area contributed by atoms with Gasteiger partial charge in [0.15, 0.2) is 0 Å². The standard InChI is InChI=1S/C11H21NO/c1-9-11(13-9)12(2)10-7-5-3-4-6-8-10/h9-11H,3-8H2,1-2H3. The largest absolute Gasteiger partial charge is 0.353 e. The minimum absolute atomic E-state index is 0.433.